The van der Waals surface area contributed by atoms with Gasteiger partial charge in [0.05, 0.1) is 11.2 Å². The number of rotatable bonds is 3. The zero-order valence-electron chi connectivity index (χ0n) is 17.9. The predicted octanol–water partition coefficient (Wildman–Crippen LogP) is 6.13. The van der Waals surface area contributed by atoms with E-state index in [9.17, 15) is 0 Å². The number of para-hydroxylation sites is 1. The summed E-state index contributed by atoms with van der Waals surface area (Å²) >= 11 is 0. The van der Waals surface area contributed by atoms with Gasteiger partial charge in [0.2, 0.25) is 0 Å². The highest BCUT2D eigenvalue weighted by Crippen LogP contribution is 2.43. The summed E-state index contributed by atoms with van der Waals surface area (Å²) in [7, 11) is 2.03. The Labute approximate surface area is 184 Å². The number of anilines is 2. The van der Waals surface area contributed by atoms with E-state index < -0.39 is 0 Å². The topological polar surface area (TPSA) is 59.5 Å². The molecule has 0 bridgehead atoms. The molecule has 156 valence electrons. The van der Waals surface area contributed by atoms with Gasteiger partial charge in [0.15, 0.2) is 5.58 Å². The minimum absolute atomic E-state index is 0.579. The maximum atomic E-state index is 6.45. The normalized spacial score (nSPS) is 14.2. The Morgan fingerprint density at radius 1 is 1.00 bits per heavy atom. The number of hydrogen-bond acceptors (Lipinski definition) is 5. The first-order valence-corrected chi connectivity index (χ1v) is 11.0. The van der Waals surface area contributed by atoms with Crippen LogP contribution < -0.4 is 4.90 Å². The number of benzene rings is 3. The van der Waals surface area contributed by atoms with Gasteiger partial charge in [-0.05, 0) is 61.1 Å². The van der Waals surface area contributed by atoms with Crippen molar-refractivity contribution in [3.63, 3.8) is 0 Å². The van der Waals surface area contributed by atoms with Crippen LogP contribution in [0.3, 0.4) is 0 Å². The Hall–Kier alpha value is -3.93. The molecule has 3 aromatic heterocycles. The lowest BCUT2D eigenvalue weighted by molar-refractivity contribution is 0.668. The summed E-state index contributed by atoms with van der Waals surface area (Å²) in [5.74, 6) is 2.10. The molecule has 0 saturated heterocycles. The van der Waals surface area contributed by atoms with Crippen LogP contribution in [0.1, 0.15) is 29.9 Å². The van der Waals surface area contributed by atoms with Crippen molar-refractivity contribution >= 4 is 50.1 Å². The first-order valence-electron chi connectivity index (χ1n) is 11.0. The highest BCUT2D eigenvalue weighted by Gasteiger charge is 2.25. The van der Waals surface area contributed by atoms with Crippen LogP contribution in [0.2, 0.25) is 0 Å². The summed E-state index contributed by atoms with van der Waals surface area (Å²) in [6.07, 6.45) is 4.28. The molecule has 6 nitrogen and oxygen atoms in total. The van der Waals surface area contributed by atoms with E-state index in [4.69, 9.17) is 9.40 Å². The molecule has 6 heteroatoms. The van der Waals surface area contributed by atoms with Crippen molar-refractivity contribution in [3.8, 4) is 0 Å². The first-order chi connectivity index (χ1) is 15.7. The number of aryl methyl sites for hydroxylation is 1. The van der Waals surface area contributed by atoms with Crippen LogP contribution in [-0.4, -0.2) is 26.6 Å². The second kappa shape index (κ2) is 6.29. The van der Waals surface area contributed by atoms with Crippen molar-refractivity contribution in [2.45, 2.75) is 25.7 Å². The van der Waals surface area contributed by atoms with Gasteiger partial charge in [-0.3, -0.25) is 4.40 Å². The minimum atomic E-state index is 0.579. The molecule has 1 saturated carbocycles. The number of aromatic nitrogens is 4. The standard InChI is InChI=1S/C26H21N5O/c1-15-6-10-20-22(12-15)31-14-27-29-26(31)28-25(20)30(2)21-5-3-4-19-18-11-9-17(16-7-8-16)13-23(18)32-24(19)21/h3-6,9-14,16H,7-8H2,1-2H3. The SMILES string of the molecule is Cc1ccc2c(N(C)c3cccc4c3oc3cc(C5CC5)ccc34)nc3nncn3c2c1. The average Bonchev–Trinajstić information content (AvgIpc) is 3.43. The van der Waals surface area contributed by atoms with Gasteiger partial charge in [-0.25, -0.2) is 0 Å². The summed E-state index contributed by atoms with van der Waals surface area (Å²) in [4.78, 5) is 6.95. The van der Waals surface area contributed by atoms with E-state index in [0.29, 0.717) is 11.7 Å². The van der Waals surface area contributed by atoms with Crippen LogP contribution in [-0.2, 0) is 0 Å². The van der Waals surface area contributed by atoms with Gasteiger partial charge in [-0.1, -0.05) is 30.3 Å². The summed E-state index contributed by atoms with van der Waals surface area (Å²) in [6.45, 7) is 2.09. The molecule has 6 aromatic rings. The predicted molar refractivity (Wildman–Crippen MR) is 127 cm³/mol. The van der Waals surface area contributed by atoms with E-state index in [-0.39, 0.29) is 0 Å². The van der Waals surface area contributed by atoms with E-state index >= 15 is 0 Å². The number of furan rings is 1. The van der Waals surface area contributed by atoms with Crippen molar-refractivity contribution in [2.24, 2.45) is 0 Å². The van der Waals surface area contributed by atoms with Crippen molar-refractivity contribution in [3.05, 3.63) is 72.1 Å². The molecule has 3 heterocycles. The lowest BCUT2D eigenvalue weighted by atomic mass is 10.1. The second-order valence-electron chi connectivity index (χ2n) is 8.80. The lowest BCUT2D eigenvalue weighted by Crippen LogP contribution is -2.13. The van der Waals surface area contributed by atoms with E-state index in [0.717, 1.165) is 44.3 Å². The highest BCUT2D eigenvalue weighted by atomic mass is 16.3. The van der Waals surface area contributed by atoms with Crippen LogP contribution >= 0.6 is 0 Å². The molecular weight excluding hydrogens is 398 g/mol. The quantitative estimate of drug-likeness (QED) is 0.345. The van der Waals surface area contributed by atoms with E-state index in [1.165, 1.54) is 24.0 Å². The molecule has 0 atom stereocenters. The second-order valence-corrected chi connectivity index (χ2v) is 8.80. The summed E-state index contributed by atoms with van der Waals surface area (Å²) in [5.41, 5.74) is 6.40. The van der Waals surface area contributed by atoms with Gasteiger partial charge < -0.3 is 9.32 Å². The van der Waals surface area contributed by atoms with Crippen molar-refractivity contribution < 1.29 is 4.42 Å². The highest BCUT2D eigenvalue weighted by molar-refractivity contribution is 6.10. The third-order valence-electron chi connectivity index (χ3n) is 6.62. The summed E-state index contributed by atoms with van der Waals surface area (Å²) < 4.78 is 8.38. The lowest BCUT2D eigenvalue weighted by Gasteiger charge is -2.20. The average molecular weight is 419 g/mol. The minimum Gasteiger partial charge on any atom is -0.454 e. The van der Waals surface area contributed by atoms with Gasteiger partial charge >= 0.3 is 0 Å². The first kappa shape index (κ1) is 17.7. The van der Waals surface area contributed by atoms with Crippen LogP contribution in [0.15, 0.2) is 65.3 Å². The zero-order valence-corrected chi connectivity index (χ0v) is 17.9. The van der Waals surface area contributed by atoms with Gasteiger partial charge in [0.25, 0.3) is 5.78 Å². The molecule has 0 N–H and O–H groups in total. The molecule has 0 amide bonds. The third kappa shape index (κ3) is 2.49. The zero-order chi connectivity index (χ0) is 21.4. The van der Waals surface area contributed by atoms with Crippen LogP contribution in [0, 0.1) is 6.92 Å². The fourth-order valence-corrected chi connectivity index (χ4v) is 4.76. The molecule has 0 radical (unpaired) electrons. The number of nitrogens with zero attached hydrogens (tertiary/aromatic N) is 5. The van der Waals surface area contributed by atoms with Gasteiger partial charge in [-0.15, -0.1) is 10.2 Å². The maximum absolute atomic E-state index is 6.45. The summed E-state index contributed by atoms with van der Waals surface area (Å²) in [5, 5.41) is 11.6. The number of hydrogen-bond donors (Lipinski definition) is 0. The number of fused-ring (bicyclic) bond motifs is 6. The molecule has 1 fully saturated rings. The van der Waals surface area contributed by atoms with Gasteiger partial charge in [-0.2, -0.15) is 4.98 Å². The maximum Gasteiger partial charge on any atom is 0.257 e. The van der Waals surface area contributed by atoms with Gasteiger partial charge in [0.1, 0.15) is 17.7 Å². The Morgan fingerprint density at radius 3 is 2.75 bits per heavy atom. The fourth-order valence-electron chi connectivity index (χ4n) is 4.76. The van der Waals surface area contributed by atoms with Crippen molar-refractivity contribution in [2.75, 3.05) is 11.9 Å². The monoisotopic (exact) mass is 419 g/mol. The Morgan fingerprint density at radius 2 is 1.88 bits per heavy atom. The Balaban J connectivity index is 1.46. The molecule has 3 aromatic carbocycles. The van der Waals surface area contributed by atoms with Crippen molar-refractivity contribution in [1.29, 1.82) is 0 Å². The van der Waals surface area contributed by atoms with Crippen molar-refractivity contribution in [1.82, 2.24) is 19.6 Å². The van der Waals surface area contributed by atoms with Gasteiger partial charge in [0, 0.05) is 23.2 Å². The largest absolute Gasteiger partial charge is 0.454 e. The molecular formula is C26H21N5O. The smallest absolute Gasteiger partial charge is 0.257 e. The van der Waals surface area contributed by atoms with E-state index in [1.807, 2.05) is 11.4 Å². The Kier molecular flexibility index (Phi) is 3.48. The Bertz CT molecular complexity index is 1670. The molecule has 0 aliphatic heterocycles. The molecule has 0 unspecified atom stereocenters. The van der Waals surface area contributed by atoms with E-state index in [1.54, 1.807) is 6.33 Å². The molecule has 32 heavy (non-hydrogen) atoms. The van der Waals surface area contributed by atoms with E-state index in [2.05, 4.69) is 76.6 Å². The molecule has 1 aliphatic rings. The molecule has 7 rings (SSSR count). The van der Waals surface area contributed by atoms with Crippen LogP contribution in [0.4, 0.5) is 11.5 Å². The molecule has 0 spiro atoms. The van der Waals surface area contributed by atoms with Crippen LogP contribution in [0.5, 0.6) is 0 Å². The third-order valence-corrected chi connectivity index (χ3v) is 6.62. The molecule has 1 aliphatic carbocycles. The summed E-state index contributed by atoms with van der Waals surface area (Å²) in [6, 6.07) is 19.3. The van der Waals surface area contributed by atoms with Crippen LogP contribution in [0.25, 0.3) is 38.6 Å². The fraction of sp³-hybridized carbons (Fsp3) is 0.192.